The summed E-state index contributed by atoms with van der Waals surface area (Å²) in [5.41, 5.74) is 5.85. The van der Waals surface area contributed by atoms with Crippen LogP contribution in [-0.2, 0) is 6.54 Å². The van der Waals surface area contributed by atoms with Crippen LogP contribution in [0.3, 0.4) is 0 Å². The molecule has 1 aromatic heterocycles. The third kappa shape index (κ3) is 5.04. The Labute approximate surface area is 190 Å². The Morgan fingerprint density at radius 1 is 0.875 bits per heavy atom. The average molecular weight is 443 g/mol. The smallest absolute Gasteiger partial charge is 0.256 e. The number of phenols is 1. The molecule has 3 aromatic carbocycles. The average Bonchev–Trinajstić information content (AvgIpc) is 3.35. The molecule has 0 atom stereocenters. The molecule has 0 fully saturated rings. The molecular weight excluding hydrogens is 420 g/mol. The molecule has 2 amide bonds. The van der Waals surface area contributed by atoms with Crippen molar-refractivity contribution in [1.82, 2.24) is 5.32 Å². The van der Waals surface area contributed by atoms with E-state index < -0.39 is 0 Å². The number of anilines is 1. The predicted octanol–water partition coefficient (Wildman–Crippen LogP) is 5.61. The van der Waals surface area contributed by atoms with E-state index in [-0.39, 0.29) is 17.6 Å². The van der Waals surface area contributed by atoms with Crippen molar-refractivity contribution in [2.45, 2.75) is 13.5 Å². The monoisotopic (exact) mass is 442 g/mol. The topological polar surface area (TPSA) is 78.4 Å². The highest BCUT2D eigenvalue weighted by atomic mass is 32.1. The van der Waals surface area contributed by atoms with Gasteiger partial charge < -0.3 is 15.7 Å². The van der Waals surface area contributed by atoms with Gasteiger partial charge in [-0.1, -0.05) is 30.3 Å². The van der Waals surface area contributed by atoms with Gasteiger partial charge in [0.05, 0.1) is 5.56 Å². The number of phenolic OH excluding ortho intramolecular Hbond substituents is 1. The Kier molecular flexibility index (Phi) is 6.33. The zero-order valence-electron chi connectivity index (χ0n) is 17.5. The molecule has 0 aliphatic heterocycles. The molecule has 4 aromatic rings. The molecule has 6 heteroatoms. The van der Waals surface area contributed by atoms with Crippen molar-refractivity contribution in [2.24, 2.45) is 0 Å². The summed E-state index contributed by atoms with van der Waals surface area (Å²) >= 11 is 1.48. The molecule has 0 aliphatic carbocycles. The standard InChI is InChI=1S/C26H22N2O3S/c1-17-2-9-22(28-26(31)21-12-13-32-16-21)14-24(17)19-5-7-20(8-6-19)25(30)27-15-18-3-10-23(29)11-4-18/h2-14,16,29H,15H2,1H3,(H,27,30)(H,28,31). The van der Waals surface area contributed by atoms with E-state index in [1.165, 1.54) is 11.3 Å². The maximum atomic E-state index is 12.5. The molecule has 0 aliphatic rings. The summed E-state index contributed by atoms with van der Waals surface area (Å²) in [5.74, 6) is -0.110. The molecular formula is C26H22N2O3S. The number of hydrogen-bond donors (Lipinski definition) is 3. The fourth-order valence-electron chi connectivity index (χ4n) is 3.31. The Hall–Kier alpha value is -3.90. The van der Waals surface area contributed by atoms with Gasteiger partial charge in [0, 0.05) is 23.2 Å². The van der Waals surface area contributed by atoms with Crippen molar-refractivity contribution < 1.29 is 14.7 Å². The molecule has 5 nitrogen and oxygen atoms in total. The Bertz CT molecular complexity index is 1230. The molecule has 0 bridgehead atoms. The number of rotatable bonds is 6. The normalized spacial score (nSPS) is 10.5. The van der Waals surface area contributed by atoms with Gasteiger partial charge in [-0.2, -0.15) is 11.3 Å². The van der Waals surface area contributed by atoms with Crippen LogP contribution in [0.1, 0.15) is 31.8 Å². The molecule has 1 heterocycles. The van der Waals surface area contributed by atoms with Crippen LogP contribution in [0.25, 0.3) is 11.1 Å². The molecule has 32 heavy (non-hydrogen) atoms. The van der Waals surface area contributed by atoms with Gasteiger partial charge in [-0.05, 0) is 77.0 Å². The van der Waals surface area contributed by atoms with Crippen LogP contribution >= 0.6 is 11.3 Å². The maximum Gasteiger partial charge on any atom is 0.256 e. The first-order valence-electron chi connectivity index (χ1n) is 10.1. The molecule has 160 valence electrons. The second-order valence-electron chi connectivity index (χ2n) is 7.42. The van der Waals surface area contributed by atoms with Gasteiger partial charge >= 0.3 is 0 Å². The van der Waals surface area contributed by atoms with E-state index in [1.54, 1.807) is 42.5 Å². The number of hydrogen-bond acceptors (Lipinski definition) is 4. The third-order valence-electron chi connectivity index (χ3n) is 5.13. The fourth-order valence-corrected chi connectivity index (χ4v) is 3.94. The van der Waals surface area contributed by atoms with Gasteiger partial charge in [-0.15, -0.1) is 0 Å². The van der Waals surface area contributed by atoms with Gasteiger partial charge in [-0.3, -0.25) is 9.59 Å². The lowest BCUT2D eigenvalue weighted by Crippen LogP contribution is -2.22. The Morgan fingerprint density at radius 2 is 1.62 bits per heavy atom. The van der Waals surface area contributed by atoms with Crippen molar-refractivity contribution in [3.63, 3.8) is 0 Å². The quantitative estimate of drug-likeness (QED) is 0.363. The number of benzene rings is 3. The fraction of sp³-hybridized carbons (Fsp3) is 0.0769. The Balaban J connectivity index is 1.45. The van der Waals surface area contributed by atoms with Crippen molar-refractivity contribution in [2.75, 3.05) is 5.32 Å². The molecule has 3 N–H and O–H groups in total. The van der Waals surface area contributed by atoms with E-state index in [0.29, 0.717) is 17.7 Å². The number of carbonyl (C=O) groups excluding carboxylic acids is 2. The number of amides is 2. The van der Waals surface area contributed by atoms with Gasteiger partial charge in [0.25, 0.3) is 11.8 Å². The van der Waals surface area contributed by atoms with E-state index in [2.05, 4.69) is 10.6 Å². The van der Waals surface area contributed by atoms with Gasteiger partial charge in [0.15, 0.2) is 0 Å². The van der Waals surface area contributed by atoms with E-state index in [9.17, 15) is 14.7 Å². The second-order valence-corrected chi connectivity index (χ2v) is 8.20. The number of thiophene rings is 1. The van der Waals surface area contributed by atoms with Crippen molar-refractivity contribution in [3.05, 3.63) is 106 Å². The minimum atomic E-state index is -0.168. The van der Waals surface area contributed by atoms with Gasteiger partial charge in [-0.25, -0.2) is 0 Å². The van der Waals surface area contributed by atoms with Gasteiger partial charge in [0.1, 0.15) is 5.75 Å². The lowest BCUT2D eigenvalue weighted by molar-refractivity contribution is 0.0950. The molecule has 0 unspecified atom stereocenters. The molecule has 0 saturated heterocycles. The van der Waals surface area contributed by atoms with Crippen LogP contribution in [0.2, 0.25) is 0 Å². The Morgan fingerprint density at radius 3 is 2.31 bits per heavy atom. The summed E-state index contributed by atoms with van der Waals surface area (Å²) in [7, 11) is 0. The van der Waals surface area contributed by atoms with E-state index in [1.807, 2.05) is 48.0 Å². The molecule has 4 rings (SSSR count). The minimum Gasteiger partial charge on any atom is -0.508 e. The zero-order valence-corrected chi connectivity index (χ0v) is 18.3. The third-order valence-corrected chi connectivity index (χ3v) is 5.81. The van der Waals surface area contributed by atoms with E-state index in [0.717, 1.165) is 27.9 Å². The minimum absolute atomic E-state index is 0.137. The number of aryl methyl sites for hydroxylation is 1. The van der Waals surface area contributed by atoms with Crippen molar-refractivity contribution >= 4 is 28.8 Å². The first kappa shape index (κ1) is 21.3. The van der Waals surface area contributed by atoms with Crippen LogP contribution < -0.4 is 10.6 Å². The SMILES string of the molecule is Cc1ccc(NC(=O)c2ccsc2)cc1-c1ccc(C(=O)NCc2ccc(O)cc2)cc1. The van der Waals surface area contributed by atoms with Crippen LogP contribution in [0.15, 0.2) is 83.6 Å². The predicted molar refractivity (Wildman–Crippen MR) is 128 cm³/mol. The largest absolute Gasteiger partial charge is 0.508 e. The maximum absolute atomic E-state index is 12.5. The summed E-state index contributed by atoms with van der Waals surface area (Å²) < 4.78 is 0. The van der Waals surface area contributed by atoms with E-state index >= 15 is 0 Å². The van der Waals surface area contributed by atoms with Crippen molar-refractivity contribution in [1.29, 1.82) is 0 Å². The highest BCUT2D eigenvalue weighted by Gasteiger charge is 2.10. The number of carbonyl (C=O) groups is 2. The first-order chi connectivity index (χ1) is 15.5. The lowest BCUT2D eigenvalue weighted by atomic mass is 9.98. The summed E-state index contributed by atoms with van der Waals surface area (Å²) in [5, 5.41) is 18.9. The lowest BCUT2D eigenvalue weighted by Gasteiger charge is -2.11. The van der Waals surface area contributed by atoms with Gasteiger partial charge in [0.2, 0.25) is 0 Å². The number of aromatic hydroxyl groups is 1. The number of nitrogens with one attached hydrogen (secondary N) is 2. The van der Waals surface area contributed by atoms with Crippen LogP contribution in [0.5, 0.6) is 5.75 Å². The van der Waals surface area contributed by atoms with Crippen molar-refractivity contribution in [3.8, 4) is 16.9 Å². The summed E-state index contributed by atoms with van der Waals surface area (Å²) in [6, 6.07) is 21.7. The van der Waals surface area contributed by atoms with E-state index in [4.69, 9.17) is 0 Å². The van der Waals surface area contributed by atoms with Crippen LogP contribution in [-0.4, -0.2) is 16.9 Å². The summed E-state index contributed by atoms with van der Waals surface area (Å²) in [6.07, 6.45) is 0. The second kappa shape index (κ2) is 9.49. The highest BCUT2D eigenvalue weighted by Crippen LogP contribution is 2.27. The first-order valence-corrected chi connectivity index (χ1v) is 11.0. The summed E-state index contributed by atoms with van der Waals surface area (Å²) in [4.78, 5) is 24.8. The molecule has 0 saturated carbocycles. The van der Waals surface area contributed by atoms with Crippen LogP contribution in [0.4, 0.5) is 5.69 Å². The van der Waals surface area contributed by atoms with Crippen LogP contribution in [0, 0.1) is 6.92 Å². The zero-order chi connectivity index (χ0) is 22.5. The molecule has 0 radical (unpaired) electrons. The summed E-state index contributed by atoms with van der Waals surface area (Å²) in [6.45, 7) is 2.39. The molecule has 0 spiro atoms. The highest BCUT2D eigenvalue weighted by molar-refractivity contribution is 7.08.